The van der Waals surface area contributed by atoms with Crippen molar-refractivity contribution in [3.05, 3.63) is 64.7 Å². The van der Waals surface area contributed by atoms with Crippen molar-refractivity contribution >= 4 is 17.5 Å². The standard InChI is InChI=1S/C15H15ClN2O2/c16-12-8-11(6-7-14(12)19)15(20)18-9-13(17)10-4-2-1-3-5-10/h1-8,13,19H,9,17H2,(H,18,20). The van der Waals surface area contributed by atoms with Crippen LogP contribution in [0.4, 0.5) is 0 Å². The molecule has 1 atom stereocenters. The molecule has 0 fully saturated rings. The van der Waals surface area contributed by atoms with E-state index in [1.807, 2.05) is 30.3 Å². The van der Waals surface area contributed by atoms with Crippen LogP contribution in [0.2, 0.25) is 5.02 Å². The third-order valence-corrected chi connectivity index (χ3v) is 3.22. The number of nitrogens with one attached hydrogen (secondary N) is 1. The Morgan fingerprint density at radius 3 is 2.60 bits per heavy atom. The first-order valence-electron chi connectivity index (χ1n) is 6.15. The fourth-order valence-electron chi connectivity index (χ4n) is 1.77. The zero-order valence-corrected chi connectivity index (χ0v) is 11.5. The first-order valence-corrected chi connectivity index (χ1v) is 6.53. The zero-order valence-electron chi connectivity index (χ0n) is 10.7. The monoisotopic (exact) mass is 290 g/mol. The molecule has 4 nitrogen and oxygen atoms in total. The van der Waals surface area contributed by atoms with E-state index in [0.29, 0.717) is 12.1 Å². The Kier molecular flexibility index (Phi) is 4.61. The van der Waals surface area contributed by atoms with Gasteiger partial charge in [0, 0.05) is 18.2 Å². The predicted octanol–water partition coefficient (Wildman–Crippen LogP) is 2.48. The Balaban J connectivity index is 1.97. The van der Waals surface area contributed by atoms with Gasteiger partial charge in [-0.1, -0.05) is 41.9 Å². The maximum atomic E-state index is 11.9. The quantitative estimate of drug-likeness (QED) is 0.810. The Morgan fingerprint density at radius 2 is 1.95 bits per heavy atom. The molecule has 0 aliphatic carbocycles. The van der Waals surface area contributed by atoms with Crippen LogP contribution < -0.4 is 11.1 Å². The Bertz CT molecular complexity index is 602. The lowest BCUT2D eigenvalue weighted by Crippen LogP contribution is -2.31. The molecule has 0 aromatic heterocycles. The molecule has 0 saturated carbocycles. The van der Waals surface area contributed by atoms with Crippen molar-refractivity contribution < 1.29 is 9.90 Å². The number of hydrogen-bond donors (Lipinski definition) is 3. The van der Waals surface area contributed by atoms with Crippen LogP contribution in [0.15, 0.2) is 48.5 Å². The molecule has 2 aromatic carbocycles. The fourth-order valence-corrected chi connectivity index (χ4v) is 1.95. The summed E-state index contributed by atoms with van der Waals surface area (Å²) in [6, 6.07) is 13.6. The van der Waals surface area contributed by atoms with Crippen LogP contribution in [0.5, 0.6) is 5.75 Å². The molecule has 5 heteroatoms. The van der Waals surface area contributed by atoms with Crippen molar-refractivity contribution in [2.45, 2.75) is 6.04 Å². The van der Waals surface area contributed by atoms with Crippen molar-refractivity contribution in [1.82, 2.24) is 5.32 Å². The summed E-state index contributed by atoms with van der Waals surface area (Å²) in [5.74, 6) is -0.331. The van der Waals surface area contributed by atoms with E-state index in [9.17, 15) is 9.90 Å². The topological polar surface area (TPSA) is 75.3 Å². The number of phenolic OH excluding ortho intramolecular Hbond substituents is 1. The highest BCUT2D eigenvalue weighted by molar-refractivity contribution is 6.32. The molecule has 4 N–H and O–H groups in total. The minimum atomic E-state index is -0.279. The molecule has 1 amide bonds. The van der Waals surface area contributed by atoms with Crippen molar-refractivity contribution in [3.63, 3.8) is 0 Å². The number of rotatable bonds is 4. The molecule has 0 bridgehead atoms. The van der Waals surface area contributed by atoms with E-state index in [2.05, 4.69) is 5.32 Å². The summed E-state index contributed by atoms with van der Waals surface area (Å²) >= 11 is 5.76. The van der Waals surface area contributed by atoms with E-state index >= 15 is 0 Å². The third-order valence-electron chi connectivity index (χ3n) is 2.92. The highest BCUT2D eigenvalue weighted by Crippen LogP contribution is 2.23. The normalized spacial score (nSPS) is 11.9. The number of halogens is 1. The van der Waals surface area contributed by atoms with Crippen molar-refractivity contribution in [2.75, 3.05) is 6.54 Å². The van der Waals surface area contributed by atoms with Crippen LogP contribution in [-0.4, -0.2) is 17.6 Å². The van der Waals surface area contributed by atoms with Crippen LogP contribution in [0.3, 0.4) is 0 Å². The van der Waals surface area contributed by atoms with E-state index in [-0.39, 0.29) is 22.7 Å². The number of nitrogens with two attached hydrogens (primary N) is 1. The molecular formula is C15H15ClN2O2. The van der Waals surface area contributed by atoms with Crippen LogP contribution in [0, 0.1) is 0 Å². The lowest BCUT2D eigenvalue weighted by Gasteiger charge is -2.13. The number of aromatic hydroxyl groups is 1. The fraction of sp³-hybridized carbons (Fsp3) is 0.133. The summed E-state index contributed by atoms with van der Waals surface area (Å²) < 4.78 is 0. The van der Waals surface area contributed by atoms with Crippen molar-refractivity contribution in [3.8, 4) is 5.75 Å². The molecule has 0 saturated heterocycles. The molecule has 0 aliphatic rings. The zero-order chi connectivity index (χ0) is 14.5. The number of amides is 1. The van der Waals surface area contributed by atoms with Crippen molar-refractivity contribution in [2.24, 2.45) is 5.73 Å². The van der Waals surface area contributed by atoms with Gasteiger partial charge < -0.3 is 16.2 Å². The Morgan fingerprint density at radius 1 is 1.25 bits per heavy atom. The summed E-state index contributed by atoms with van der Waals surface area (Å²) in [7, 11) is 0. The Hall–Kier alpha value is -2.04. The van der Waals surface area contributed by atoms with Crippen LogP contribution in [-0.2, 0) is 0 Å². The largest absolute Gasteiger partial charge is 0.506 e. The van der Waals surface area contributed by atoms with E-state index < -0.39 is 0 Å². The maximum absolute atomic E-state index is 11.9. The number of carbonyl (C=O) groups is 1. The molecule has 0 spiro atoms. The summed E-state index contributed by atoms with van der Waals surface area (Å²) in [6.45, 7) is 0.321. The van der Waals surface area contributed by atoms with Gasteiger partial charge in [0.05, 0.1) is 5.02 Å². The summed E-state index contributed by atoms with van der Waals surface area (Å²) in [4.78, 5) is 11.9. The molecule has 1 unspecified atom stereocenters. The molecule has 0 aliphatic heterocycles. The van der Waals surface area contributed by atoms with Crippen LogP contribution in [0.25, 0.3) is 0 Å². The number of phenols is 1. The van der Waals surface area contributed by atoms with Gasteiger partial charge in [0.25, 0.3) is 5.91 Å². The third kappa shape index (κ3) is 3.50. The average molecular weight is 291 g/mol. The van der Waals surface area contributed by atoms with Gasteiger partial charge in [-0.3, -0.25) is 4.79 Å². The van der Waals surface area contributed by atoms with E-state index in [4.69, 9.17) is 17.3 Å². The molecule has 20 heavy (non-hydrogen) atoms. The highest BCUT2D eigenvalue weighted by Gasteiger charge is 2.11. The Labute approximate surface area is 122 Å². The van der Waals surface area contributed by atoms with Gasteiger partial charge in [0.1, 0.15) is 5.75 Å². The smallest absolute Gasteiger partial charge is 0.251 e. The van der Waals surface area contributed by atoms with Crippen LogP contribution >= 0.6 is 11.6 Å². The van der Waals surface area contributed by atoms with Gasteiger partial charge in [0.15, 0.2) is 0 Å². The molecule has 0 radical (unpaired) electrons. The lowest BCUT2D eigenvalue weighted by atomic mass is 10.1. The number of hydrogen-bond acceptors (Lipinski definition) is 3. The second kappa shape index (κ2) is 6.41. The second-order valence-corrected chi connectivity index (χ2v) is 4.80. The molecule has 104 valence electrons. The summed E-state index contributed by atoms with van der Waals surface area (Å²) in [6.07, 6.45) is 0. The minimum Gasteiger partial charge on any atom is -0.506 e. The number of benzene rings is 2. The molecule has 2 aromatic rings. The lowest BCUT2D eigenvalue weighted by molar-refractivity contribution is 0.0951. The maximum Gasteiger partial charge on any atom is 0.251 e. The van der Waals surface area contributed by atoms with Gasteiger partial charge in [0.2, 0.25) is 0 Å². The van der Waals surface area contributed by atoms with Gasteiger partial charge in [-0.05, 0) is 23.8 Å². The summed E-state index contributed by atoms with van der Waals surface area (Å²) in [5.41, 5.74) is 7.33. The SMILES string of the molecule is NC(CNC(=O)c1ccc(O)c(Cl)c1)c1ccccc1. The first kappa shape index (κ1) is 14.4. The number of carbonyl (C=O) groups excluding carboxylic acids is 1. The summed E-state index contributed by atoms with van der Waals surface area (Å²) in [5, 5.41) is 12.2. The first-order chi connectivity index (χ1) is 9.58. The van der Waals surface area contributed by atoms with E-state index in [1.54, 1.807) is 0 Å². The van der Waals surface area contributed by atoms with Gasteiger partial charge in [-0.25, -0.2) is 0 Å². The van der Waals surface area contributed by atoms with Gasteiger partial charge >= 0.3 is 0 Å². The highest BCUT2D eigenvalue weighted by atomic mass is 35.5. The molecule has 0 heterocycles. The van der Waals surface area contributed by atoms with E-state index in [1.165, 1.54) is 18.2 Å². The van der Waals surface area contributed by atoms with Crippen LogP contribution in [0.1, 0.15) is 22.0 Å². The molecule has 2 rings (SSSR count). The predicted molar refractivity (Wildman–Crippen MR) is 78.8 cm³/mol. The van der Waals surface area contributed by atoms with Gasteiger partial charge in [-0.2, -0.15) is 0 Å². The van der Waals surface area contributed by atoms with E-state index in [0.717, 1.165) is 5.56 Å². The van der Waals surface area contributed by atoms with Gasteiger partial charge in [-0.15, -0.1) is 0 Å². The molecular weight excluding hydrogens is 276 g/mol. The second-order valence-electron chi connectivity index (χ2n) is 4.39. The minimum absolute atomic E-state index is 0.0517. The average Bonchev–Trinajstić information content (AvgIpc) is 2.48. The van der Waals surface area contributed by atoms with Crippen molar-refractivity contribution in [1.29, 1.82) is 0 Å².